The van der Waals surface area contributed by atoms with Gasteiger partial charge in [0.2, 0.25) is 5.91 Å². The highest BCUT2D eigenvalue weighted by molar-refractivity contribution is 5.92. The Morgan fingerprint density at radius 1 is 1.23 bits per heavy atom. The number of nitro groups is 1. The molecule has 3 aromatic rings. The molecule has 13 heteroatoms. The first-order chi connectivity index (χ1) is 14.1. The highest BCUT2D eigenvalue weighted by atomic mass is 19.2. The molecule has 158 valence electrons. The molecule has 0 fully saturated rings. The fourth-order valence-electron chi connectivity index (χ4n) is 2.64. The number of nitrogens with zero attached hydrogens (tertiary/aromatic N) is 5. The maximum atomic E-state index is 13.8. The van der Waals surface area contributed by atoms with E-state index in [0.717, 1.165) is 15.6 Å². The summed E-state index contributed by atoms with van der Waals surface area (Å²) >= 11 is 0. The first-order valence-electron chi connectivity index (χ1n) is 8.44. The molecule has 0 saturated carbocycles. The summed E-state index contributed by atoms with van der Waals surface area (Å²) in [5.74, 6) is -6.79. The van der Waals surface area contributed by atoms with Gasteiger partial charge in [-0.25, -0.2) is 17.6 Å². The smallest absolute Gasteiger partial charge is 0.307 e. The molecule has 0 bridgehead atoms. The van der Waals surface area contributed by atoms with Crippen molar-refractivity contribution in [3.63, 3.8) is 0 Å². The number of carbonyl (C=O) groups excluding carboxylic acids is 1. The van der Waals surface area contributed by atoms with Crippen molar-refractivity contribution in [2.45, 2.75) is 26.4 Å². The minimum absolute atomic E-state index is 0.0112. The number of carbonyl (C=O) groups is 1. The number of rotatable bonds is 6. The molecule has 0 aliphatic rings. The van der Waals surface area contributed by atoms with Crippen molar-refractivity contribution in [2.24, 2.45) is 0 Å². The van der Waals surface area contributed by atoms with Gasteiger partial charge in [-0.15, -0.1) is 0 Å². The van der Waals surface area contributed by atoms with Crippen molar-refractivity contribution >= 4 is 17.4 Å². The Labute approximate surface area is 166 Å². The molecule has 0 aliphatic heterocycles. The molecule has 1 unspecified atom stereocenters. The first-order valence-corrected chi connectivity index (χ1v) is 8.44. The molecule has 1 N–H and O–H groups in total. The Balaban J connectivity index is 1.74. The van der Waals surface area contributed by atoms with Crippen LogP contribution in [0.5, 0.6) is 0 Å². The van der Waals surface area contributed by atoms with Crippen LogP contribution < -0.4 is 5.32 Å². The summed E-state index contributed by atoms with van der Waals surface area (Å²) in [6, 6.07) is 0.466. The lowest BCUT2D eigenvalue weighted by molar-refractivity contribution is -0.385. The van der Waals surface area contributed by atoms with Gasteiger partial charge in [-0.2, -0.15) is 10.2 Å². The van der Waals surface area contributed by atoms with Crippen LogP contribution in [0.3, 0.4) is 0 Å². The van der Waals surface area contributed by atoms with Crippen molar-refractivity contribution in [3.8, 4) is 0 Å². The van der Waals surface area contributed by atoms with Crippen molar-refractivity contribution < 1.29 is 27.3 Å². The second-order valence-electron chi connectivity index (χ2n) is 6.35. The Hall–Kier alpha value is -3.77. The molecule has 1 atom stereocenters. The van der Waals surface area contributed by atoms with Gasteiger partial charge >= 0.3 is 5.69 Å². The largest absolute Gasteiger partial charge is 0.309 e. The Morgan fingerprint density at radius 2 is 1.87 bits per heavy atom. The molecule has 0 aliphatic carbocycles. The van der Waals surface area contributed by atoms with Crippen LogP contribution in [0, 0.1) is 40.3 Å². The van der Waals surface area contributed by atoms with E-state index in [2.05, 4.69) is 15.5 Å². The molecule has 1 amide bonds. The Bertz CT molecular complexity index is 1120. The molecule has 0 saturated heterocycles. The number of aryl methyl sites for hydroxylation is 1. The Morgan fingerprint density at radius 3 is 2.43 bits per heavy atom. The van der Waals surface area contributed by atoms with E-state index in [1.165, 1.54) is 26.1 Å². The molecule has 9 nitrogen and oxygen atoms in total. The standard InChI is InChI=1S/C17H14F4N6O3/c1-8-13(27(29)30)7-26(23-8)9(2)17(28)22-14-3-4-25(24-14)6-10-15(20)11(18)5-12(19)16(10)21/h3-5,7,9H,6H2,1-2H3,(H,22,24,28). The maximum absolute atomic E-state index is 13.8. The summed E-state index contributed by atoms with van der Waals surface area (Å²) in [5, 5.41) is 21.1. The topological polar surface area (TPSA) is 108 Å². The normalized spacial score (nSPS) is 12.1. The van der Waals surface area contributed by atoms with E-state index in [4.69, 9.17) is 0 Å². The third-order valence-corrected chi connectivity index (χ3v) is 4.28. The molecule has 1 aromatic carbocycles. The number of anilines is 1. The highest BCUT2D eigenvalue weighted by Crippen LogP contribution is 2.21. The van der Waals surface area contributed by atoms with Crippen molar-refractivity contribution in [2.75, 3.05) is 5.32 Å². The summed E-state index contributed by atoms with van der Waals surface area (Å²) in [7, 11) is 0. The van der Waals surface area contributed by atoms with Gasteiger partial charge in [-0.05, 0) is 13.8 Å². The quantitative estimate of drug-likeness (QED) is 0.282. The zero-order valence-corrected chi connectivity index (χ0v) is 15.6. The van der Waals surface area contributed by atoms with E-state index in [0.29, 0.717) is 0 Å². The lowest BCUT2D eigenvalue weighted by Crippen LogP contribution is -2.24. The highest BCUT2D eigenvalue weighted by Gasteiger charge is 2.23. The van der Waals surface area contributed by atoms with Gasteiger partial charge in [0.25, 0.3) is 0 Å². The zero-order chi connectivity index (χ0) is 22.2. The van der Waals surface area contributed by atoms with Gasteiger partial charge in [0.15, 0.2) is 29.1 Å². The van der Waals surface area contributed by atoms with E-state index in [-0.39, 0.29) is 23.3 Å². The number of halogens is 4. The molecular weight excluding hydrogens is 412 g/mol. The van der Waals surface area contributed by atoms with E-state index in [1.54, 1.807) is 0 Å². The number of nitrogens with one attached hydrogen (secondary N) is 1. The van der Waals surface area contributed by atoms with E-state index in [1.807, 2.05) is 0 Å². The van der Waals surface area contributed by atoms with Crippen molar-refractivity contribution in [3.05, 3.63) is 69.2 Å². The minimum atomic E-state index is -1.54. The van der Waals surface area contributed by atoms with Crippen LogP contribution in [0.2, 0.25) is 0 Å². The number of aromatic nitrogens is 4. The van der Waals surface area contributed by atoms with Crippen LogP contribution >= 0.6 is 0 Å². The van der Waals surface area contributed by atoms with Gasteiger partial charge in [-0.1, -0.05) is 0 Å². The van der Waals surface area contributed by atoms with Gasteiger partial charge in [0, 0.05) is 18.3 Å². The average Bonchev–Trinajstić information content (AvgIpc) is 3.29. The average molecular weight is 426 g/mol. The van der Waals surface area contributed by atoms with Crippen LogP contribution in [0.4, 0.5) is 29.1 Å². The van der Waals surface area contributed by atoms with Gasteiger partial charge in [-0.3, -0.25) is 24.3 Å². The summed E-state index contributed by atoms with van der Waals surface area (Å²) in [6.07, 6.45) is 2.35. The van der Waals surface area contributed by atoms with Gasteiger partial charge in [0.05, 0.1) is 17.0 Å². The van der Waals surface area contributed by atoms with Crippen molar-refractivity contribution in [1.82, 2.24) is 19.6 Å². The predicted molar refractivity (Wildman–Crippen MR) is 94.6 cm³/mol. The van der Waals surface area contributed by atoms with Crippen molar-refractivity contribution in [1.29, 1.82) is 0 Å². The summed E-state index contributed by atoms with van der Waals surface area (Å²) < 4.78 is 56.3. The maximum Gasteiger partial charge on any atom is 0.309 e. The molecule has 0 spiro atoms. The van der Waals surface area contributed by atoms with Crippen LogP contribution in [-0.4, -0.2) is 30.4 Å². The summed E-state index contributed by atoms with van der Waals surface area (Å²) in [6.45, 7) is 2.25. The number of hydrogen-bond donors (Lipinski definition) is 1. The summed E-state index contributed by atoms with van der Waals surface area (Å²) in [4.78, 5) is 22.6. The van der Waals surface area contributed by atoms with Crippen LogP contribution in [0.25, 0.3) is 0 Å². The third kappa shape index (κ3) is 3.99. The van der Waals surface area contributed by atoms with Crippen LogP contribution in [-0.2, 0) is 11.3 Å². The first kappa shape index (κ1) is 21.0. The van der Waals surface area contributed by atoms with E-state index in [9.17, 15) is 32.5 Å². The van der Waals surface area contributed by atoms with E-state index >= 15 is 0 Å². The predicted octanol–water partition coefficient (Wildman–Crippen LogP) is 3.10. The van der Waals surface area contributed by atoms with Gasteiger partial charge in [0.1, 0.15) is 17.9 Å². The molecule has 2 heterocycles. The van der Waals surface area contributed by atoms with Crippen LogP contribution in [0.15, 0.2) is 24.5 Å². The molecular formula is C17H14F4N6O3. The fourth-order valence-corrected chi connectivity index (χ4v) is 2.64. The molecule has 2 aromatic heterocycles. The van der Waals surface area contributed by atoms with Crippen LogP contribution in [0.1, 0.15) is 24.2 Å². The lowest BCUT2D eigenvalue weighted by atomic mass is 10.2. The minimum Gasteiger partial charge on any atom is -0.307 e. The van der Waals surface area contributed by atoms with E-state index < -0.39 is 52.2 Å². The van der Waals surface area contributed by atoms with Gasteiger partial charge < -0.3 is 5.32 Å². The fraction of sp³-hybridized carbons (Fsp3) is 0.235. The number of hydrogen-bond acceptors (Lipinski definition) is 5. The monoisotopic (exact) mass is 426 g/mol. The molecule has 0 radical (unpaired) electrons. The number of amides is 1. The third-order valence-electron chi connectivity index (χ3n) is 4.28. The lowest BCUT2D eigenvalue weighted by Gasteiger charge is -2.11. The summed E-state index contributed by atoms with van der Waals surface area (Å²) in [5.41, 5.74) is -0.971. The SMILES string of the molecule is Cc1nn(C(C)C(=O)Nc2ccn(Cc3c(F)c(F)cc(F)c3F)n2)cc1[N+](=O)[O-]. The second-order valence-corrected chi connectivity index (χ2v) is 6.35. The second kappa shape index (κ2) is 7.93. The Kier molecular flexibility index (Phi) is 5.54. The molecule has 3 rings (SSSR count). The molecule has 30 heavy (non-hydrogen) atoms. The zero-order valence-electron chi connectivity index (χ0n) is 15.6. The number of benzene rings is 1.